The van der Waals surface area contributed by atoms with Crippen LogP contribution in [0, 0.1) is 5.41 Å². The third-order valence-corrected chi connectivity index (χ3v) is 3.23. The molecule has 0 unspecified atom stereocenters. The largest absolute Gasteiger partial charge is 0.293 e. The Hall–Kier alpha value is -0.340. The van der Waals surface area contributed by atoms with Gasteiger partial charge in [0.1, 0.15) is 0 Å². The Morgan fingerprint density at radius 2 is 2.33 bits per heavy atom. The van der Waals surface area contributed by atoms with Crippen LogP contribution in [0.15, 0.2) is 17.5 Å². The topological polar surface area (TPSA) is 17.1 Å². The van der Waals surface area contributed by atoms with Gasteiger partial charge >= 0.3 is 0 Å². The lowest BCUT2D eigenvalue weighted by Gasteiger charge is -2.17. The van der Waals surface area contributed by atoms with Gasteiger partial charge in [0.2, 0.25) is 0 Å². The number of Topliss-reactive ketones (excluding diaryl/α,β-unsaturated/α-hetero) is 1. The van der Waals surface area contributed by atoms with Gasteiger partial charge in [0.05, 0.1) is 4.88 Å². The second kappa shape index (κ2) is 3.58. The Morgan fingerprint density at radius 3 is 2.75 bits per heavy atom. The van der Waals surface area contributed by atoms with Gasteiger partial charge in [-0.1, -0.05) is 19.9 Å². The van der Waals surface area contributed by atoms with Crippen LogP contribution in [0.2, 0.25) is 0 Å². The van der Waals surface area contributed by atoms with E-state index in [4.69, 9.17) is 11.6 Å². The van der Waals surface area contributed by atoms with Crippen molar-refractivity contribution in [1.82, 2.24) is 0 Å². The molecule has 0 aliphatic carbocycles. The van der Waals surface area contributed by atoms with E-state index >= 15 is 0 Å². The van der Waals surface area contributed by atoms with Crippen LogP contribution in [0.4, 0.5) is 0 Å². The molecule has 0 amide bonds. The molecule has 0 atom stereocenters. The third kappa shape index (κ3) is 1.87. The highest BCUT2D eigenvalue weighted by atomic mass is 35.5. The van der Waals surface area contributed by atoms with Crippen molar-refractivity contribution in [2.24, 2.45) is 5.41 Å². The molecular weight excluding hydrogens is 192 g/mol. The summed E-state index contributed by atoms with van der Waals surface area (Å²) in [4.78, 5) is 12.5. The number of hydrogen-bond acceptors (Lipinski definition) is 2. The fourth-order valence-corrected chi connectivity index (χ4v) is 1.77. The number of halogens is 1. The van der Waals surface area contributed by atoms with E-state index in [9.17, 15) is 4.79 Å². The molecule has 0 saturated heterocycles. The summed E-state index contributed by atoms with van der Waals surface area (Å²) in [7, 11) is 0. The summed E-state index contributed by atoms with van der Waals surface area (Å²) in [6.07, 6.45) is 0. The Bertz CT molecular complexity index is 264. The number of carbonyl (C=O) groups is 1. The maximum atomic E-state index is 11.7. The van der Waals surface area contributed by atoms with E-state index in [0.717, 1.165) is 4.88 Å². The minimum Gasteiger partial charge on any atom is -0.293 e. The molecule has 1 heterocycles. The number of hydrogen-bond donors (Lipinski definition) is 0. The Morgan fingerprint density at radius 1 is 1.67 bits per heavy atom. The predicted molar refractivity (Wildman–Crippen MR) is 53.2 cm³/mol. The van der Waals surface area contributed by atoms with E-state index in [0.29, 0.717) is 5.88 Å². The normalized spacial score (nSPS) is 11.6. The number of rotatable bonds is 3. The summed E-state index contributed by atoms with van der Waals surface area (Å²) in [6.45, 7) is 3.73. The Balaban J connectivity index is 2.86. The highest BCUT2D eigenvalue weighted by molar-refractivity contribution is 7.12. The number of carbonyl (C=O) groups excluding carboxylic acids is 1. The van der Waals surface area contributed by atoms with E-state index in [1.54, 1.807) is 0 Å². The highest BCUT2D eigenvalue weighted by Gasteiger charge is 2.27. The average molecular weight is 203 g/mol. The third-order valence-electron chi connectivity index (χ3n) is 1.69. The van der Waals surface area contributed by atoms with Crippen molar-refractivity contribution in [1.29, 1.82) is 0 Å². The van der Waals surface area contributed by atoms with Gasteiger partial charge in [-0.25, -0.2) is 0 Å². The molecule has 1 aromatic heterocycles. The molecule has 1 nitrogen and oxygen atoms in total. The molecule has 0 aliphatic rings. The van der Waals surface area contributed by atoms with Crippen LogP contribution in [0.5, 0.6) is 0 Å². The van der Waals surface area contributed by atoms with Crippen molar-refractivity contribution in [2.75, 3.05) is 5.88 Å². The van der Waals surface area contributed by atoms with Gasteiger partial charge in [-0.3, -0.25) is 4.79 Å². The molecule has 3 heteroatoms. The van der Waals surface area contributed by atoms with Crippen molar-refractivity contribution in [3.05, 3.63) is 22.4 Å². The van der Waals surface area contributed by atoms with E-state index in [1.807, 2.05) is 31.4 Å². The quantitative estimate of drug-likeness (QED) is 0.544. The van der Waals surface area contributed by atoms with Crippen LogP contribution in [0.1, 0.15) is 23.5 Å². The highest BCUT2D eigenvalue weighted by Crippen LogP contribution is 2.25. The van der Waals surface area contributed by atoms with Crippen LogP contribution < -0.4 is 0 Å². The first-order valence-electron chi connectivity index (χ1n) is 3.72. The summed E-state index contributed by atoms with van der Waals surface area (Å²) in [6, 6.07) is 3.71. The van der Waals surface area contributed by atoms with Crippen molar-refractivity contribution in [3.63, 3.8) is 0 Å². The summed E-state index contributed by atoms with van der Waals surface area (Å²) in [5.74, 6) is 0.497. The van der Waals surface area contributed by atoms with Crippen LogP contribution in [0.25, 0.3) is 0 Å². The van der Waals surface area contributed by atoms with E-state index in [1.165, 1.54) is 11.3 Å². The maximum absolute atomic E-state index is 11.7. The molecule has 0 bridgehead atoms. The first kappa shape index (κ1) is 9.75. The molecule has 12 heavy (non-hydrogen) atoms. The van der Waals surface area contributed by atoms with Crippen molar-refractivity contribution in [3.8, 4) is 0 Å². The second-order valence-corrected chi connectivity index (χ2v) is 4.54. The second-order valence-electron chi connectivity index (χ2n) is 3.32. The zero-order valence-corrected chi connectivity index (χ0v) is 8.71. The predicted octanol–water partition coefficient (Wildman–Crippen LogP) is 3.20. The summed E-state index contributed by atoms with van der Waals surface area (Å²) in [5.41, 5.74) is -0.438. The van der Waals surface area contributed by atoms with Gasteiger partial charge in [-0.05, 0) is 11.4 Å². The van der Waals surface area contributed by atoms with Crippen molar-refractivity contribution >= 4 is 28.7 Å². The monoisotopic (exact) mass is 202 g/mol. The Labute approximate surface area is 81.4 Å². The van der Waals surface area contributed by atoms with Crippen LogP contribution in [-0.2, 0) is 0 Å². The summed E-state index contributed by atoms with van der Waals surface area (Å²) in [5, 5.41) is 1.90. The van der Waals surface area contributed by atoms with Gasteiger partial charge in [0, 0.05) is 11.3 Å². The first-order chi connectivity index (χ1) is 5.58. The number of ketones is 1. The van der Waals surface area contributed by atoms with Gasteiger partial charge in [0.25, 0.3) is 0 Å². The van der Waals surface area contributed by atoms with Crippen molar-refractivity contribution < 1.29 is 4.79 Å². The molecular formula is C9H11ClOS. The lowest BCUT2D eigenvalue weighted by atomic mass is 9.90. The van der Waals surface area contributed by atoms with Gasteiger partial charge in [-0.2, -0.15) is 0 Å². The zero-order valence-electron chi connectivity index (χ0n) is 7.13. The summed E-state index contributed by atoms with van der Waals surface area (Å²) < 4.78 is 0. The molecule has 0 spiro atoms. The molecule has 1 rings (SSSR count). The SMILES string of the molecule is CC(C)(CCl)C(=O)c1cccs1. The van der Waals surface area contributed by atoms with Crippen LogP contribution in [0.3, 0.4) is 0 Å². The lowest BCUT2D eigenvalue weighted by Crippen LogP contribution is -2.25. The molecule has 66 valence electrons. The first-order valence-corrected chi connectivity index (χ1v) is 5.13. The molecule has 1 aromatic rings. The molecule has 0 aliphatic heterocycles. The van der Waals surface area contributed by atoms with Crippen molar-refractivity contribution in [2.45, 2.75) is 13.8 Å². The molecule has 0 aromatic carbocycles. The number of alkyl halides is 1. The maximum Gasteiger partial charge on any atom is 0.179 e. The zero-order chi connectivity index (χ0) is 9.19. The molecule has 0 radical (unpaired) electrons. The Kier molecular flexibility index (Phi) is 2.91. The van der Waals surface area contributed by atoms with E-state index in [-0.39, 0.29) is 5.78 Å². The van der Waals surface area contributed by atoms with Gasteiger partial charge in [-0.15, -0.1) is 22.9 Å². The fraction of sp³-hybridized carbons (Fsp3) is 0.444. The van der Waals surface area contributed by atoms with E-state index < -0.39 is 5.41 Å². The van der Waals surface area contributed by atoms with Gasteiger partial charge < -0.3 is 0 Å². The molecule has 0 N–H and O–H groups in total. The van der Waals surface area contributed by atoms with Crippen LogP contribution >= 0.6 is 22.9 Å². The molecule has 0 fully saturated rings. The van der Waals surface area contributed by atoms with E-state index in [2.05, 4.69) is 0 Å². The lowest BCUT2D eigenvalue weighted by molar-refractivity contribution is 0.0866. The minimum absolute atomic E-state index is 0.132. The standard InChI is InChI=1S/C9H11ClOS/c1-9(2,6-10)8(11)7-4-3-5-12-7/h3-5H,6H2,1-2H3. The van der Waals surface area contributed by atoms with Crippen LogP contribution in [-0.4, -0.2) is 11.7 Å². The minimum atomic E-state index is -0.438. The molecule has 0 saturated carbocycles. The smallest absolute Gasteiger partial charge is 0.179 e. The average Bonchev–Trinajstić information content (AvgIpc) is 2.55. The summed E-state index contributed by atoms with van der Waals surface area (Å²) >= 11 is 7.15. The number of thiophene rings is 1. The fourth-order valence-electron chi connectivity index (χ4n) is 0.802. The van der Waals surface area contributed by atoms with Gasteiger partial charge in [0.15, 0.2) is 5.78 Å².